The molecule has 2 N–H and O–H groups in total. The largest absolute Gasteiger partial charge is 0.384 e. The van der Waals surface area contributed by atoms with E-state index < -0.39 is 0 Å². The van der Waals surface area contributed by atoms with E-state index in [0.717, 1.165) is 29.8 Å². The summed E-state index contributed by atoms with van der Waals surface area (Å²) in [6.45, 7) is 7.13. The minimum absolute atomic E-state index is 0.0432. The van der Waals surface area contributed by atoms with Gasteiger partial charge in [-0.25, -0.2) is 0 Å². The van der Waals surface area contributed by atoms with E-state index in [1.165, 1.54) is 12.8 Å². The van der Waals surface area contributed by atoms with E-state index in [0.29, 0.717) is 5.92 Å². The fourth-order valence-electron chi connectivity index (χ4n) is 2.26. The summed E-state index contributed by atoms with van der Waals surface area (Å²) in [7, 11) is 0. The SMILES string of the molecule is CCCNc1ccc(C)cc1C(=O)NC(C)C1CC1. The highest BCUT2D eigenvalue weighted by Gasteiger charge is 2.29. The van der Waals surface area contributed by atoms with E-state index in [2.05, 4.69) is 24.5 Å². The van der Waals surface area contributed by atoms with Gasteiger partial charge >= 0.3 is 0 Å². The molecule has 1 aromatic carbocycles. The van der Waals surface area contributed by atoms with Crippen LogP contribution in [0.5, 0.6) is 0 Å². The molecule has 3 nitrogen and oxygen atoms in total. The molecule has 0 bridgehead atoms. The number of carbonyl (C=O) groups is 1. The number of rotatable bonds is 6. The molecule has 1 fully saturated rings. The van der Waals surface area contributed by atoms with Crippen molar-refractivity contribution in [1.82, 2.24) is 5.32 Å². The van der Waals surface area contributed by atoms with E-state index in [1.54, 1.807) is 0 Å². The Balaban J connectivity index is 2.10. The molecule has 3 heteroatoms. The topological polar surface area (TPSA) is 41.1 Å². The van der Waals surface area contributed by atoms with Crippen LogP contribution in [0, 0.1) is 12.8 Å². The molecule has 1 aliphatic carbocycles. The van der Waals surface area contributed by atoms with Gasteiger partial charge in [0, 0.05) is 18.3 Å². The Morgan fingerprint density at radius 1 is 1.42 bits per heavy atom. The van der Waals surface area contributed by atoms with Gasteiger partial charge in [0.1, 0.15) is 0 Å². The highest BCUT2D eigenvalue weighted by Crippen LogP contribution is 2.32. The van der Waals surface area contributed by atoms with E-state index in [9.17, 15) is 4.79 Å². The molecule has 1 aliphatic rings. The molecule has 0 saturated heterocycles. The average molecular weight is 260 g/mol. The van der Waals surface area contributed by atoms with Crippen LogP contribution in [0.3, 0.4) is 0 Å². The standard InChI is InChI=1S/C16H24N2O/c1-4-9-17-15-8-5-11(2)10-14(15)16(19)18-12(3)13-6-7-13/h5,8,10,12-13,17H,4,6-7,9H2,1-3H3,(H,18,19). The molecular weight excluding hydrogens is 236 g/mol. The third kappa shape index (κ3) is 3.72. The first-order valence-corrected chi connectivity index (χ1v) is 7.27. The highest BCUT2D eigenvalue weighted by molar-refractivity contribution is 6.00. The molecule has 1 atom stereocenters. The lowest BCUT2D eigenvalue weighted by molar-refractivity contribution is 0.0936. The highest BCUT2D eigenvalue weighted by atomic mass is 16.1. The monoisotopic (exact) mass is 260 g/mol. The Morgan fingerprint density at radius 2 is 2.16 bits per heavy atom. The van der Waals surface area contributed by atoms with Crippen LogP contribution in [0.15, 0.2) is 18.2 Å². The number of anilines is 1. The van der Waals surface area contributed by atoms with Gasteiger partial charge in [-0.2, -0.15) is 0 Å². The number of aryl methyl sites for hydroxylation is 1. The summed E-state index contributed by atoms with van der Waals surface area (Å²) in [5.74, 6) is 0.725. The van der Waals surface area contributed by atoms with Gasteiger partial charge < -0.3 is 10.6 Å². The zero-order valence-corrected chi connectivity index (χ0v) is 12.1. The molecular formula is C16H24N2O. The predicted molar refractivity (Wildman–Crippen MR) is 79.6 cm³/mol. The van der Waals surface area contributed by atoms with Crippen LogP contribution in [-0.2, 0) is 0 Å². The zero-order valence-electron chi connectivity index (χ0n) is 12.1. The zero-order chi connectivity index (χ0) is 13.8. The summed E-state index contributed by atoms with van der Waals surface area (Å²) < 4.78 is 0. The number of nitrogens with one attached hydrogen (secondary N) is 2. The molecule has 1 unspecified atom stereocenters. The Morgan fingerprint density at radius 3 is 2.79 bits per heavy atom. The lowest BCUT2D eigenvalue weighted by Crippen LogP contribution is -2.34. The smallest absolute Gasteiger partial charge is 0.253 e. The van der Waals surface area contributed by atoms with Crippen molar-refractivity contribution in [3.63, 3.8) is 0 Å². The van der Waals surface area contributed by atoms with Crippen molar-refractivity contribution in [2.24, 2.45) is 5.92 Å². The van der Waals surface area contributed by atoms with Crippen LogP contribution in [0.2, 0.25) is 0 Å². The molecule has 1 amide bonds. The normalized spacial score (nSPS) is 15.9. The van der Waals surface area contributed by atoms with Crippen molar-refractivity contribution >= 4 is 11.6 Å². The van der Waals surface area contributed by atoms with Gasteiger partial charge in [0.05, 0.1) is 5.56 Å². The van der Waals surface area contributed by atoms with Crippen LogP contribution >= 0.6 is 0 Å². The average Bonchev–Trinajstić information content (AvgIpc) is 3.21. The maximum atomic E-state index is 12.4. The van der Waals surface area contributed by atoms with Gasteiger partial charge in [0.2, 0.25) is 0 Å². The second-order valence-electron chi connectivity index (χ2n) is 5.58. The van der Waals surface area contributed by atoms with Gasteiger partial charge in [-0.05, 0) is 51.2 Å². The molecule has 104 valence electrons. The quantitative estimate of drug-likeness (QED) is 0.823. The van der Waals surface area contributed by atoms with Crippen molar-refractivity contribution in [2.75, 3.05) is 11.9 Å². The summed E-state index contributed by atoms with van der Waals surface area (Å²) in [5, 5.41) is 6.45. The Labute approximate surface area is 115 Å². The number of hydrogen-bond acceptors (Lipinski definition) is 2. The molecule has 1 aromatic rings. The minimum Gasteiger partial charge on any atom is -0.384 e. The number of amides is 1. The number of hydrogen-bond donors (Lipinski definition) is 2. The number of benzene rings is 1. The van der Waals surface area contributed by atoms with Gasteiger partial charge in [-0.1, -0.05) is 18.6 Å². The van der Waals surface area contributed by atoms with E-state index in [-0.39, 0.29) is 11.9 Å². The molecule has 0 aliphatic heterocycles. The molecule has 0 radical (unpaired) electrons. The lowest BCUT2D eigenvalue weighted by atomic mass is 10.1. The molecule has 1 saturated carbocycles. The molecule has 0 spiro atoms. The van der Waals surface area contributed by atoms with Crippen molar-refractivity contribution in [3.05, 3.63) is 29.3 Å². The van der Waals surface area contributed by atoms with Crippen molar-refractivity contribution in [3.8, 4) is 0 Å². The van der Waals surface area contributed by atoms with Gasteiger partial charge in [0.15, 0.2) is 0 Å². The Hall–Kier alpha value is -1.51. The molecule has 0 heterocycles. The van der Waals surface area contributed by atoms with Gasteiger partial charge in [-0.3, -0.25) is 4.79 Å². The number of carbonyl (C=O) groups excluding carboxylic acids is 1. The first kappa shape index (κ1) is 13.9. The Bertz CT molecular complexity index is 452. The maximum absolute atomic E-state index is 12.4. The third-order valence-electron chi connectivity index (χ3n) is 3.67. The second-order valence-corrected chi connectivity index (χ2v) is 5.58. The minimum atomic E-state index is 0.0432. The van der Waals surface area contributed by atoms with E-state index in [1.807, 2.05) is 25.1 Å². The first-order chi connectivity index (χ1) is 9.11. The van der Waals surface area contributed by atoms with Crippen LogP contribution in [0.4, 0.5) is 5.69 Å². The maximum Gasteiger partial charge on any atom is 0.253 e. The van der Waals surface area contributed by atoms with Crippen LogP contribution < -0.4 is 10.6 Å². The first-order valence-electron chi connectivity index (χ1n) is 7.27. The third-order valence-corrected chi connectivity index (χ3v) is 3.67. The van der Waals surface area contributed by atoms with Crippen molar-refractivity contribution < 1.29 is 4.79 Å². The summed E-state index contributed by atoms with van der Waals surface area (Å²) in [4.78, 5) is 12.4. The molecule has 0 aromatic heterocycles. The summed E-state index contributed by atoms with van der Waals surface area (Å²) in [5.41, 5.74) is 2.82. The van der Waals surface area contributed by atoms with Crippen LogP contribution in [-0.4, -0.2) is 18.5 Å². The van der Waals surface area contributed by atoms with Gasteiger partial charge in [-0.15, -0.1) is 0 Å². The van der Waals surface area contributed by atoms with Crippen LogP contribution in [0.1, 0.15) is 49.0 Å². The van der Waals surface area contributed by atoms with Crippen molar-refractivity contribution in [2.45, 2.75) is 46.1 Å². The summed E-state index contributed by atoms with van der Waals surface area (Å²) >= 11 is 0. The second kappa shape index (κ2) is 6.09. The summed E-state index contributed by atoms with van der Waals surface area (Å²) in [6.07, 6.45) is 3.54. The lowest BCUT2D eigenvalue weighted by Gasteiger charge is -2.16. The van der Waals surface area contributed by atoms with Gasteiger partial charge in [0.25, 0.3) is 5.91 Å². The predicted octanol–water partition coefficient (Wildman–Crippen LogP) is 3.35. The summed E-state index contributed by atoms with van der Waals surface area (Å²) in [6, 6.07) is 6.29. The molecule has 19 heavy (non-hydrogen) atoms. The van der Waals surface area contributed by atoms with Crippen molar-refractivity contribution in [1.29, 1.82) is 0 Å². The van der Waals surface area contributed by atoms with E-state index in [4.69, 9.17) is 0 Å². The Kier molecular flexibility index (Phi) is 4.46. The van der Waals surface area contributed by atoms with Crippen LogP contribution in [0.25, 0.3) is 0 Å². The fraction of sp³-hybridized carbons (Fsp3) is 0.562. The fourth-order valence-corrected chi connectivity index (χ4v) is 2.26. The van der Waals surface area contributed by atoms with E-state index >= 15 is 0 Å². The molecule has 2 rings (SSSR count).